The molecule has 1 atom stereocenters. The molecule has 3 nitrogen and oxygen atoms in total. The Bertz CT molecular complexity index is 563. The molecule has 0 amide bonds. The summed E-state index contributed by atoms with van der Waals surface area (Å²) in [7, 11) is 1.74. The Hall–Kier alpha value is 0.320. The quantitative estimate of drug-likeness (QED) is 0.451. The number of rotatable bonds is 7. The summed E-state index contributed by atoms with van der Waals surface area (Å²) in [4.78, 5) is 0. The third-order valence-corrected chi connectivity index (χ3v) is 5.38. The molecule has 1 rings (SSSR count). The molecular formula is C12H14BrCl3O3S. The lowest BCUT2D eigenvalue weighted by atomic mass is 10.1. The van der Waals surface area contributed by atoms with Gasteiger partial charge in [0.15, 0.2) is 0 Å². The Morgan fingerprint density at radius 3 is 2.50 bits per heavy atom. The fraction of sp³-hybridized carbons (Fsp3) is 0.500. The van der Waals surface area contributed by atoms with E-state index in [1.54, 1.807) is 12.1 Å². The van der Waals surface area contributed by atoms with Gasteiger partial charge in [0.05, 0.1) is 22.4 Å². The lowest BCUT2D eigenvalue weighted by molar-refractivity contribution is 0.282. The van der Waals surface area contributed by atoms with Crippen molar-refractivity contribution in [1.29, 1.82) is 0 Å². The molecule has 0 saturated heterocycles. The molecule has 0 saturated carbocycles. The second-order valence-electron chi connectivity index (χ2n) is 4.47. The van der Waals surface area contributed by atoms with E-state index in [0.29, 0.717) is 39.7 Å². The minimum absolute atomic E-state index is 0.0272. The van der Waals surface area contributed by atoms with Crippen molar-refractivity contribution in [3.8, 4) is 5.75 Å². The number of halogens is 4. The number of benzene rings is 1. The molecule has 0 radical (unpaired) electrons. The molecule has 0 aliphatic carbocycles. The Labute approximate surface area is 142 Å². The normalized spacial score (nSPS) is 13.2. The summed E-state index contributed by atoms with van der Waals surface area (Å²) in [6, 6.07) is 3.31. The molecule has 0 aliphatic rings. The van der Waals surface area contributed by atoms with E-state index in [9.17, 15) is 8.42 Å². The van der Waals surface area contributed by atoms with E-state index in [2.05, 4.69) is 15.9 Å². The van der Waals surface area contributed by atoms with E-state index in [0.717, 1.165) is 0 Å². The second-order valence-corrected chi connectivity index (χ2v) is 9.04. The zero-order chi connectivity index (χ0) is 15.3. The van der Waals surface area contributed by atoms with Crippen molar-refractivity contribution in [2.24, 2.45) is 5.92 Å². The van der Waals surface area contributed by atoms with Gasteiger partial charge in [-0.2, -0.15) is 0 Å². The third kappa shape index (κ3) is 6.85. The molecule has 1 aromatic rings. The van der Waals surface area contributed by atoms with Gasteiger partial charge in [-0.25, -0.2) is 8.42 Å². The number of hydrogen-bond acceptors (Lipinski definition) is 3. The molecule has 0 N–H and O–H groups in total. The maximum atomic E-state index is 10.8. The third-order valence-electron chi connectivity index (χ3n) is 2.70. The van der Waals surface area contributed by atoms with Gasteiger partial charge >= 0.3 is 0 Å². The first kappa shape index (κ1) is 18.4. The standard InChI is InChI=1S/C12H14BrCl3O3S/c1-8(3-5-20(16,17)18)2-4-19-12-7-10(14)9(13)6-11(12)15/h6-8H,2-5H2,1H3. The molecular weight excluding hydrogens is 410 g/mol. The predicted octanol–water partition coefficient (Wildman–Crippen LogP) is 5.12. The van der Waals surface area contributed by atoms with Gasteiger partial charge < -0.3 is 4.74 Å². The summed E-state index contributed by atoms with van der Waals surface area (Å²) in [5, 5.41) is 0.989. The van der Waals surface area contributed by atoms with Gasteiger partial charge in [0, 0.05) is 21.2 Å². The van der Waals surface area contributed by atoms with Crippen LogP contribution in [0.4, 0.5) is 0 Å². The Morgan fingerprint density at radius 2 is 1.90 bits per heavy atom. The summed E-state index contributed by atoms with van der Waals surface area (Å²) < 4.78 is 27.9. The zero-order valence-corrected chi connectivity index (χ0v) is 15.4. The molecule has 114 valence electrons. The van der Waals surface area contributed by atoms with Crippen molar-refractivity contribution >= 4 is 58.9 Å². The van der Waals surface area contributed by atoms with Crippen LogP contribution in [0.5, 0.6) is 5.75 Å². The lowest BCUT2D eigenvalue weighted by Gasteiger charge is -2.13. The fourth-order valence-electron chi connectivity index (χ4n) is 1.47. The molecule has 1 aromatic carbocycles. The second kappa shape index (κ2) is 8.08. The summed E-state index contributed by atoms with van der Waals surface area (Å²) >= 11 is 15.3. The first-order valence-corrected chi connectivity index (χ1v) is 9.91. The van der Waals surface area contributed by atoms with Crippen molar-refractivity contribution < 1.29 is 13.2 Å². The van der Waals surface area contributed by atoms with Crippen LogP contribution in [-0.4, -0.2) is 20.8 Å². The van der Waals surface area contributed by atoms with Crippen LogP contribution in [0.3, 0.4) is 0 Å². The molecule has 0 fully saturated rings. The van der Waals surface area contributed by atoms with Crippen LogP contribution < -0.4 is 4.74 Å². The molecule has 8 heteroatoms. The Kier molecular flexibility index (Phi) is 7.43. The van der Waals surface area contributed by atoms with Crippen LogP contribution in [0.25, 0.3) is 0 Å². The summed E-state index contributed by atoms with van der Waals surface area (Å²) in [6.45, 7) is 2.38. The molecule has 0 aliphatic heterocycles. The lowest BCUT2D eigenvalue weighted by Crippen LogP contribution is -2.08. The van der Waals surface area contributed by atoms with Crippen LogP contribution in [0.1, 0.15) is 19.8 Å². The zero-order valence-electron chi connectivity index (χ0n) is 10.7. The summed E-state index contributed by atoms with van der Waals surface area (Å²) in [5.41, 5.74) is 0. The van der Waals surface area contributed by atoms with Gasteiger partial charge in [0.2, 0.25) is 9.05 Å². The molecule has 0 bridgehead atoms. The SMILES string of the molecule is CC(CCOc1cc(Cl)c(Br)cc1Cl)CCS(=O)(=O)Cl. The fourth-order valence-corrected chi connectivity index (χ4v) is 3.27. The van der Waals surface area contributed by atoms with Gasteiger partial charge in [0.25, 0.3) is 0 Å². The highest BCUT2D eigenvalue weighted by Gasteiger charge is 2.11. The molecule has 1 unspecified atom stereocenters. The number of hydrogen-bond donors (Lipinski definition) is 0. The predicted molar refractivity (Wildman–Crippen MR) is 87.7 cm³/mol. The van der Waals surface area contributed by atoms with Crippen molar-refractivity contribution in [2.45, 2.75) is 19.8 Å². The Balaban J connectivity index is 2.43. The van der Waals surface area contributed by atoms with Gasteiger partial charge in [0.1, 0.15) is 5.75 Å². The van der Waals surface area contributed by atoms with E-state index < -0.39 is 9.05 Å². The minimum Gasteiger partial charge on any atom is -0.492 e. The first-order chi connectivity index (χ1) is 9.19. The van der Waals surface area contributed by atoms with E-state index in [1.165, 1.54) is 0 Å². The van der Waals surface area contributed by atoms with Crippen molar-refractivity contribution in [1.82, 2.24) is 0 Å². The van der Waals surface area contributed by atoms with Gasteiger partial charge in [-0.3, -0.25) is 0 Å². The first-order valence-electron chi connectivity index (χ1n) is 5.88. The number of ether oxygens (including phenoxy) is 1. The van der Waals surface area contributed by atoms with E-state index in [-0.39, 0.29) is 11.7 Å². The van der Waals surface area contributed by atoms with Gasteiger partial charge in [-0.1, -0.05) is 30.1 Å². The van der Waals surface area contributed by atoms with Crippen molar-refractivity contribution in [3.63, 3.8) is 0 Å². The van der Waals surface area contributed by atoms with Gasteiger partial charge in [-0.15, -0.1) is 0 Å². The Morgan fingerprint density at radius 1 is 1.25 bits per heavy atom. The minimum atomic E-state index is -3.43. The molecule has 0 aromatic heterocycles. The van der Waals surface area contributed by atoms with Crippen LogP contribution in [-0.2, 0) is 9.05 Å². The summed E-state index contributed by atoms with van der Waals surface area (Å²) in [5.74, 6) is 0.672. The van der Waals surface area contributed by atoms with E-state index >= 15 is 0 Å². The van der Waals surface area contributed by atoms with Crippen LogP contribution in [0, 0.1) is 5.92 Å². The topological polar surface area (TPSA) is 43.4 Å². The van der Waals surface area contributed by atoms with Crippen LogP contribution in [0.2, 0.25) is 10.0 Å². The van der Waals surface area contributed by atoms with Crippen LogP contribution in [0.15, 0.2) is 16.6 Å². The van der Waals surface area contributed by atoms with E-state index in [4.69, 9.17) is 38.6 Å². The average molecular weight is 425 g/mol. The maximum Gasteiger partial charge on any atom is 0.232 e. The molecule has 0 heterocycles. The van der Waals surface area contributed by atoms with E-state index in [1.807, 2.05) is 6.92 Å². The highest BCUT2D eigenvalue weighted by Crippen LogP contribution is 2.34. The van der Waals surface area contributed by atoms with Crippen molar-refractivity contribution in [3.05, 3.63) is 26.7 Å². The van der Waals surface area contributed by atoms with Gasteiger partial charge in [-0.05, 0) is 40.8 Å². The summed E-state index contributed by atoms with van der Waals surface area (Å²) in [6.07, 6.45) is 1.21. The smallest absolute Gasteiger partial charge is 0.232 e. The van der Waals surface area contributed by atoms with Crippen LogP contribution >= 0.6 is 49.8 Å². The monoisotopic (exact) mass is 422 g/mol. The maximum absolute atomic E-state index is 10.8. The molecule has 20 heavy (non-hydrogen) atoms. The largest absolute Gasteiger partial charge is 0.492 e. The highest BCUT2D eigenvalue weighted by molar-refractivity contribution is 9.10. The average Bonchev–Trinajstić information content (AvgIpc) is 2.32. The van der Waals surface area contributed by atoms with Crippen molar-refractivity contribution in [2.75, 3.05) is 12.4 Å². The molecule has 0 spiro atoms. The highest BCUT2D eigenvalue weighted by atomic mass is 79.9.